The summed E-state index contributed by atoms with van der Waals surface area (Å²) in [5, 5.41) is 9.08. The molecule has 0 saturated carbocycles. The van der Waals surface area contributed by atoms with Crippen LogP contribution in [-0.4, -0.2) is 35.9 Å². The van der Waals surface area contributed by atoms with E-state index < -0.39 is 23.8 Å². The molecule has 0 aromatic heterocycles. The Kier molecular flexibility index (Phi) is 5.09. The molecule has 1 aliphatic rings. The van der Waals surface area contributed by atoms with E-state index in [1.54, 1.807) is 0 Å². The van der Waals surface area contributed by atoms with Crippen molar-refractivity contribution in [1.82, 2.24) is 0 Å². The summed E-state index contributed by atoms with van der Waals surface area (Å²) in [5.41, 5.74) is 0.948. The second-order valence-corrected chi connectivity index (χ2v) is 5.31. The van der Waals surface area contributed by atoms with E-state index in [4.69, 9.17) is 14.6 Å². The van der Waals surface area contributed by atoms with Crippen molar-refractivity contribution in [3.8, 4) is 0 Å². The van der Waals surface area contributed by atoms with Gasteiger partial charge in [-0.15, -0.1) is 0 Å². The van der Waals surface area contributed by atoms with Crippen LogP contribution in [0.2, 0.25) is 0 Å². The fraction of sp³-hybridized carbons (Fsp3) is 0.500. The molecule has 3 unspecified atom stereocenters. The van der Waals surface area contributed by atoms with Crippen LogP contribution in [0.5, 0.6) is 0 Å². The average Bonchev–Trinajstić information content (AvgIpc) is 2.48. The Hall–Kier alpha value is -1.72. The van der Waals surface area contributed by atoms with Crippen LogP contribution in [0.3, 0.4) is 0 Å². The van der Waals surface area contributed by atoms with Gasteiger partial charge in [-0.2, -0.15) is 0 Å². The lowest BCUT2D eigenvalue weighted by atomic mass is 9.87. The van der Waals surface area contributed by atoms with Crippen molar-refractivity contribution in [3.63, 3.8) is 0 Å². The first kappa shape index (κ1) is 15.7. The molecule has 0 bridgehead atoms. The van der Waals surface area contributed by atoms with Crippen LogP contribution in [-0.2, 0) is 25.5 Å². The number of carboxylic acids is 1. The molecular weight excluding hydrogens is 272 g/mol. The van der Waals surface area contributed by atoms with Crippen molar-refractivity contribution >= 4 is 12.3 Å². The van der Waals surface area contributed by atoms with E-state index in [0.717, 1.165) is 18.3 Å². The Bertz CT molecular complexity index is 487. The topological polar surface area (TPSA) is 72.8 Å². The van der Waals surface area contributed by atoms with Crippen molar-refractivity contribution in [2.24, 2.45) is 5.92 Å². The van der Waals surface area contributed by atoms with Gasteiger partial charge in [-0.3, -0.25) is 0 Å². The van der Waals surface area contributed by atoms with Crippen LogP contribution >= 0.6 is 0 Å². The third-order valence-corrected chi connectivity index (χ3v) is 3.75. The Morgan fingerprint density at radius 1 is 1.52 bits per heavy atom. The van der Waals surface area contributed by atoms with E-state index in [9.17, 15) is 9.59 Å². The number of carbonyl (C=O) groups is 2. The summed E-state index contributed by atoms with van der Waals surface area (Å²) in [7, 11) is 0. The van der Waals surface area contributed by atoms with Crippen LogP contribution in [0.15, 0.2) is 30.3 Å². The molecule has 0 radical (unpaired) electrons. The minimum Gasteiger partial charge on any atom is -0.479 e. The molecule has 1 fully saturated rings. The molecule has 1 heterocycles. The standard InChI is InChI=1S/C16H20O5/c1-12(15(18)19)21-16(10-13-6-3-2-4-7-13)14(11-17)8-5-9-20-16/h2-4,6-7,11-12,14H,5,8-10H2,1H3,(H,18,19). The summed E-state index contributed by atoms with van der Waals surface area (Å²) < 4.78 is 11.5. The van der Waals surface area contributed by atoms with E-state index >= 15 is 0 Å². The third-order valence-electron chi connectivity index (χ3n) is 3.75. The molecular formula is C16H20O5. The second-order valence-electron chi connectivity index (χ2n) is 5.31. The van der Waals surface area contributed by atoms with Gasteiger partial charge in [0.1, 0.15) is 6.29 Å². The number of carboxylic acid groups (broad SMARTS) is 1. The van der Waals surface area contributed by atoms with E-state index in [1.165, 1.54) is 6.92 Å². The highest BCUT2D eigenvalue weighted by Gasteiger charge is 2.45. The molecule has 3 atom stereocenters. The number of aldehydes is 1. The Morgan fingerprint density at radius 3 is 2.86 bits per heavy atom. The lowest BCUT2D eigenvalue weighted by molar-refractivity contribution is -0.290. The molecule has 0 aliphatic carbocycles. The predicted molar refractivity (Wildman–Crippen MR) is 75.8 cm³/mol. The molecule has 2 rings (SSSR count). The molecule has 1 aromatic rings. The molecule has 1 N–H and O–H groups in total. The van der Waals surface area contributed by atoms with Crippen LogP contribution in [0.25, 0.3) is 0 Å². The van der Waals surface area contributed by atoms with Crippen LogP contribution in [0.4, 0.5) is 0 Å². The van der Waals surface area contributed by atoms with Crippen molar-refractivity contribution in [2.75, 3.05) is 6.61 Å². The molecule has 114 valence electrons. The number of rotatable bonds is 6. The molecule has 1 saturated heterocycles. The maximum absolute atomic E-state index is 11.4. The summed E-state index contributed by atoms with van der Waals surface area (Å²) in [5.74, 6) is -2.73. The van der Waals surface area contributed by atoms with Crippen molar-refractivity contribution in [3.05, 3.63) is 35.9 Å². The number of ether oxygens (including phenoxy) is 2. The van der Waals surface area contributed by atoms with Gasteiger partial charge in [-0.25, -0.2) is 4.79 Å². The van der Waals surface area contributed by atoms with Gasteiger partial charge in [-0.1, -0.05) is 30.3 Å². The van der Waals surface area contributed by atoms with E-state index in [0.29, 0.717) is 19.4 Å². The molecule has 0 spiro atoms. The van der Waals surface area contributed by atoms with Crippen molar-refractivity contribution < 1.29 is 24.2 Å². The normalized spacial score (nSPS) is 27.0. The van der Waals surface area contributed by atoms with Crippen LogP contribution < -0.4 is 0 Å². The summed E-state index contributed by atoms with van der Waals surface area (Å²) in [6, 6.07) is 9.51. The highest BCUT2D eigenvalue weighted by Crippen LogP contribution is 2.35. The van der Waals surface area contributed by atoms with Gasteiger partial charge in [-0.05, 0) is 25.3 Å². The smallest absolute Gasteiger partial charge is 0.332 e. The summed E-state index contributed by atoms with van der Waals surface area (Å²) >= 11 is 0. The first-order chi connectivity index (χ1) is 10.1. The van der Waals surface area contributed by atoms with Gasteiger partial charge in [0.2, 0.25) is 0 Å². The summed E-state index contributed by atoms with van der Waals surface area (Å²) in [6.45, 7) is 1.92. The summed E-state index contributed by atoms with van der Waals surface area (Å²) in [4.78, 5) is 22.5. The zero-order chi connectivity index (χ0) is 15.3. The number of carbonyl (C=O) groups excluding carboxylic acids is 1. The van der Waals surface area contributed by atoms with Gasteiger partial charge in [0.15, 0.2) is 11.9 Å². The van der Waals surface area contributed by atoms with Gasteiger partial charge >= 0.3 is 5.97 Å². The van der Waals surface area contributed by atoms with E-state index in [-0.39, 0.29) is 0 Å². The maximum atomic E-state index is 11.4. The first-order valence-corrected chi connectivity index (χ1v) is 7.11. The SMILES string of the molecule is CC(OC1(Cc2ccccc2)OCCCC1C=O)C(=O)O. The van der Waals surface area contributed by atoms with Crippen LogP contribution in [0, 0.1) is 5.92 Å². The number of hydrogen-bond acceptors (Lipinski definition) is 4. The quantitative estimate of drug-likeness (QED) is 0.812. The maximum Gasteiger partial charge on any atom is 0.332 e. The Labute approximate surface area is 123 Å². The number of benzene rings is 1. The van der Waals surface area contributed by atoms with Gasteiger partial charge < -0.3 is 19.4 Å². The molecule has 1 aromatic carbocycles. The van der Waals surface area contributed by atoms with Gasteiger partial charge in [0.05, 0.1) is 12.5 Å². The minimum absolute atomic E-state index is 0.356. The Balaban J connectivity index is 2.28. The fourth-order valence-corrected chi connectivity index (χ4v) is 2.62. The largest absolute Gasteiger partial charge is 0.479 e. The van der Waals surface area contributed by atoms with E-state index in [2.05, 4.69) is 0 Å². The lowest BCUT2D eigenvalue weighted by Crippen LogP contribution is -2.52. The molecule has 0 amide bonds. The van der Waals surface area contributed by atoms with Crippen LogP contribution in [0.1, 0.15) is 25.3 Å². The first-order valence-electron chi connectivity index (χ1n) is 7.11. The summed E-state index contributed by atoms with van der Waals surface area (Å²) in [6.07, 6.45) is 1.55. The zero-order valence-corrected chi connectivity index (χ0v) is 12.0. The average molecular weight is 292 g/mol. The van der Waals surface area contributed by atoms with E-state index in [1.807, 2.05) is 30.3 Å². The van der Waals surface area contributed by atoms with Crippen molar-refractivity contribution in [2.45, 2.75) is 38.1 Å². The van der Waals surface area contributed by atoms with Gasteiger partial charge in [0, 0.05) is 6.42 Å². The molecule has 5 heteroatoms. The fourth-order valence-electron chi connectivity index (χ4n) is 2.62. The Morgan fingerprint density at radius 2 is 2.24 bits per heavy atom. The minimum atomic E-state index is -1.20. The predicted octanol–water partition coefficient (Wildman–Crippen LogP) is 2.04. The third kappa shape index (κ3) is 3.68. The highest BCUT2D eigenvalue weighted by atomic mass is 16.7. The number of aliphatic carboxylic acids is 1. The van der Waals surface area contributed by atoms with Crippen molar-refractivity contribution in [1.29, 1.82) is 0 Å². The monoisotopic (exact) mass is 292 g/mol. The highest BCUT2D eigenvalue weighted by molar-refractivity contribution is 5.71. The molecule has 1 aliphatic heterocycles. The second kappa shape index (κ2) is 6.83. The molecule has 21 heavy (non-hydrogen) atoms. The zero-order valence-electron chi connectivity index (χ0n) is 12.0. The lowest BCUT2D eigenvalue weighted by Gasteiger charge is -2.42. The molecule has 5 nitrogen and oxygen atoms in total. The number of hydrogen-bond donors (Lipinski definition) is 1. The van der Waals surface area contributed by atoms with Gasteiger partial charge in [0.25, 0.3) is 0 Å².